The number of carboxylic acids is 1. The number of alkyl halides is 3. The van der Waals surface area contributed by atoms with Crippen LogP contribution < -0.4 is 10.1 Å². The molecule has 1 aliphatic rings. The largest absolute Gasteiger partial charge is 0.573 e. The first-order chi connectivity index (χ1) is 10.8. The highest BCUT2D eigenvalue weighted by atomic mass is 19.4. The fraction of sp³-hybridized carbons (Fsp3) is 0.333. The number of halogens is 3. The van der Waals surface area contributed by atoms with Crippen molar-refractivity contribution in [3.05, 3.63) is 36.4 Å². The first-order valence-corrected chi connectivity index (χ1v) is 6.81. The van der Waals surface area contributed by atoms with Gasteiger partial charge in [-0.25, -0.2) is 0 Å². The molecule has 0 aromatic heterocycles. The normalized spacial score (nSPS) is 20.8. The second-order valence-electron chi connectivity index (χ2n) is 5.06. The molecule has 0 unspecified atom stereocenters. The second kappa shape index (κ2) is 6.72. The molecule has 5 nitrogen and oxygen atoms in total. The predicted octanol–water partition coefficient (Wildman–Crippen LogP) is 3.19. The van der Waals surface area contributed by atoms with Gasteiger partial charge in [0.15, 0.2) is 0 Å². The summed E-state index contributed by atoms with van der Waals surface area (Å²) in [5, 5.41) is 11.6. The number of hydrogen-bond acceptors (Lipinski definition) is 3. The summed E-state index contributed by atoms with van der Waals surface area (Å²) in [4.78, 5) is 23.4. The zero-order chi connectivity index (χ0) is 17.0. The van der Waals surface area contributed by atoms with Crippen LogP contribution in [0.15, 0.2) is 36.4 Å². The van der Waals surface area contributed by atoms with Crippen molar-refractivity contribution in [2.75, 3.05) is 5.32 Å². The Kier molecular flexibility index (Phi) is 4.92. The third kappa shape index (κ3) is 4.73. The number of allylic oxidation sites excluding steroid dienone is 2. The van der Waals surface area contributed by atoms with Gasteiger partial charge in [0.05, 0.1) is 11.8 Å². The van der Waals surface area contributed by atoms with Crippen molar-refractivity contribution in [1.29, 1.82) is 0 Å². The Labute approximate surface area is 129 Å². The van der Waals surface area contributed by atoms with Gasteiger partial charge in [0.2, 0.25) is 5.91 Å². The molecule has 0 bridgehead atoms. The summed E-state index contributed by atoms with van der Waals surface area (Å²) in [6.07, 6.45) is -0.912. The average Bonchev–Trinajstić information content (AvgIpc) is 2.45. The van der Waals surface area contributed by atoms with Crippen molar-refractivity contribution >= 4 is 17.6 Å². The smallest absolute Gasteiger partial charge is 0.481 e. The summed E-state index contributed by atoms with van der Waals surface area (Å²) < 4.78 is 40.3. The first-order valence-electron chi connectivity index (χ1n) is 6.81. The van der Waals surface area contributed by atoms with Crippen LogP contribution in [0.4, 0.5) is 18.9 Å². The van der Waals surface area contributed by atoms with Crippen LogP contribution in [-0.4, -0.2) is 23.3 Å². The van der Waals surface area contributed by atoms with Gasteiger partial charge in [0.25, 0.3) is 0 Å². The quantitative estimate of drug-likeness (QED) is 0.832. The number of benzene rings is 1. The molecule has 0 aliphatic heterocycles. The third-order valence-electron chi connectivity index (χ3n) is 3.42. The molecule has 0 radical (unpaired) electrons. The third-order valence-corrected chi connectivity index (χ3v) is 3.42. The summed E-state index contributed by atoms with van der Waals surface area (Å²) in [6, 6.07) is 4.83. The highest BCUT2D eigenvalue weighted by Crippen LogP contribution is 2.29. The lowest BCUT2D eigenvalue weighted by Gasteiger charge is -2.24. The zero-order valence-corrected chi connectivity index (χ0v) is 11.8. The molecular formula is C15H14F3NO4. The molecule has 0 fully saturated rings. The number of aliphatic carboxylic acids is 1. The molecule has 0 spiro atoms. The van der Waals surface area contributed by atoms with Crippen LogP contribution in [0.3, 0.4) is 0 Å². The van der Waals surface area contributed by atoms with E-state index in [4.69, 9.17) is 5.11 Å². The van der Waals surface area contributed by atoms with Crippen molar-refractivity contribution in [2.24, 2.45) is 11.8 Å². The van der Waals surface area contributed by atoms with Crippen LogP contribution in [-0.2, 0) is 9.59 Å². The van der Waals surface area contributed by atoms with Crippen molar-refractivity contribution in [2.45, 2.75) is 19.2 Å². The van der Waals surface area contributed by atoms with Crippen molar-refractivity contribution in [3.63, 3.8) is 0 Å². The van der Waals surface area contributed by atoms with Crippen LogP contribution in [0, 0.1) is 11.8 Å². The van der Waals surface area contributed by atoms with Gasteiger partial charge < -0.3 is 15.2 Å². The van der Waals surface area contributed by atoms with E-state index >= 15 is 0 Å². The maximum Gasteiger partial charge on any atom is 0.573 e. The first kappa shape index (κ1) is 16.9. The number of rotatable bonds is 4. The molecule has 1 aromatic carbocycles. The fourth-order valence-corrected chi connectivity index (χ4v) is 2.38. The van der Waals surface area contributed by atoms with E-state index in [1.165, 1.54) is 12.1 Å². The summed E-state index contributed by atoms with van der Waals surface area (Å²) in [5.41, 5.74) is 0.107. The van der Waals surface area contributed by atoms with E-state index in [0.29, 0.717) is 0 Å². The Morgan fingerprint density at radius 2 is 1.83 bits per heavy atom. The summed E-state index contributed by atoms with van der Waals surface area (Å²) in [5.74, 6) is -3.72. The number of carboxylic acid groups (broad SMARTS) is 1. The van der Waals surface area contributed by atoms with Crippen molar-refractivity contribution < 1.29 is 32.6 Å². The number of ether oxygens (including phenoxy) is 1. The number of hydrogen-bond donors (Lipinski definition) is 2. The van der Waals surface area contributed by atoms with Crippen LogP contribution >= 0.6 is 0 Å². The molecule has 2 atom stereocenters. The molecule has 23 heavy (non-hydrogen) atoms. The van der Waals surface area contributed by atoms with Gasteiger partial charge in [-0.05, 0) is 25.0 Å². The second-order valence-corrected chi connectivity index (χ2v) is 5.06. The molecule has 0 heterocycles. The maximum atomic E-state index is 12.2. The number of carbonyl (C=O) groups excluding carboxylic acids is 1. The SMILES string of the molecule is O=C(O)[C@H]1CC=CC[C@H]1C(=O)Nc1cccc(OC(F)(F)F)c1. The summed E-state index contributed by atoms with van der Waals surface area (Å²) in [6.45, 7) is 0. The number of amides is 1. The van der Waals surface area contributed by atoms with E-state index in [2.05, 4.69) is 10.1 Å². The lowest BCUT2D eigenvalue weighted by atomic mass is 9.82. The van der Waals surface area contributed by atoms with E-state index < -0.39 is 35.8 Å². The minimum atomic E-state index is -4.83. The monoisotopic (exact) mass is 329 g/mol. The van der Waals surface area contributed by atoms with Gasteiger partial charge in [0, 0.05) is 11.8 Å². The molecule has 8 heteroatoms. The molecule has 1 aliphatic carbocycles. The average molecular weight is 329 g/mol. The van der Waals surface area contributed by atoms with E-state index in [-0.39, 0.29) is 18.5 Å². The molecule has 0 saturated heterocycles. The van der Waals surface area contributed by atoms with Gasteiger partial charge in [-0.15, -0.1) is 13.2 Å². The molecule has 2 rings (SSSR count). The molecule has 2 N–H and O–H groups in total. The predicted molar refractivity (Wildman–Crippen MR) is 74.7 cm³/mol. The summed E-state index contributed by atoms with van der Waals surface area (Å²) in [7, 11) is 0. The van der Waals surface area contributed by atoms with Gasteiger partial charge in [-0.2, -0.15) is 0 Å². The number of anilines is 1. The van der Waals surface area contributed by atoms with E-state index in [0.717, 1.165) is 12.1 Å². The number of nitrogens with one attached hydrogen (secondary N) is 1. The zero-order valence-electron chi connectivity index (χ0n) is 11.8. The molecule has 0 saturated carbocycles. The highest BCUT2D eigenvalue weighted by Gasteiger charge is 2.34. The standard InChI is InChI=1S/C15H14F3NO4/c16-15(17,18)23-10-5-3-4-9(8-10)19-13(20)11-6-1-2-7-12(11)14(21)22/h1-5,8,11-12H,6-7H2,(H,19,20)(H,21,22)/t11-,12+/m1/s1. The minimum Gasteiger partial charge on any atom is -0.481 e. The molecular weight excluding hydrogens is 315 g/mol. The topological polar surface area (TPSA) is 75.6 Å². The van der Waals surface area contributed by atoms with Crippen LogP contribution in [0.2, 0.25) is 0 Å². The van der Waals surface area contributed by atoms with Crippen LogP contribution in [0.5, 0.6) is 5.75 Å². The van der Waals surface area contributed by atoms with E-state index in [1.807, 2.05) is 0 Å². The summed E-state index contributed by atoms with van der Waals surface area (Å²) >= 11 is 0. The maximum absolute atomic E-state index is 12.2. The van der Waals surface area contributed by atoms with Gasteiger partial charge in [-0.1, -0.05) is 18.2 Å². The molecule has 124 valence electrons. The van der Waals surface area contributed by atoms with Crippen LogP contribution in [0.1, 0.15) is 12.8 Å². The Morgan fingerprint density at radius 3 is 2.43 bits per heavy atom. The van der Waals surface area contributed by atoms with Gasteiger partial charge in [0.1, 0.15) is 5.75 Å². The van der Waals surface area contributed by atoms with Gasteiger partial charge in [-0.3, -0.25) is 9.59 Å². The van der Waals surface area contributed by atoms with E-state index in [1.54, 1.807) is 12.2 Å². The van der Waals surface area contributed by atoms with E-state index in [9.17, 15) is 22.8 Å². The minimum absolute atomic E-state index is 0.107. The molecule has 1 aromatic rings. The Balaban J connectivity index is 2.09. The van der Waals surface area contributed by atoms with Gasteiger partial charge >= 0.3 is 12.3 Å². The van der Waals surface area contributed by atoms with Crippen LogP contribution in [0.25, 0.3) is 0 Å². The number of carbonyl (C=O) groups is 2. The Bertz CT molecular complexity index is 627. The van der Waals surface area contributed by atoms with Crippen molar-refractivity contribution in [3.8, 4) is 5.75 Å². The Morgan fingerprint density at radius 1 is 1.17 bits per heavy atom. The fourth-order valence-electron chi connectivity index (χ4n) is 2.38. The highest BCUT2D eigenvalue weighted by molar-refractivity contribution is 5.95. The molecule has 1 amide bonds. The van der Waals surface area contributed by atoms with Crippen molar-refractivity contribution in [1.82, 2.24) is 0 Å². The lowest BCUT2D eigenvalue weighted by molar-refractivity contribution is -0.274. The Hall–Kier alpha value is -2.51. The lowest BCUT2D eigenvalue weighted by Crippen LogP contribution is -2.34.